The molecule has 3 aliphatic rings. The summed E-state index contributed by atoms with van der Waals surface area (Å²) in [6.07, 6.45) is 0.759. The Bertz CT molecular complexity index is 587. The highest BCUT2D eigenvalue weighted by Gasteiger charge is 2.60. The van der Waals surface area contributed by atoms with Gasteiger partial charge in [-0.1, -0.05) is 12.5 Å². The van der Waals surface area contributed by atoms with E-state index >= 15 is 0 Å². The molecule has 108 valence electrons. The SMILES string of the molecule is CC1=CC(=O)[C@H](O)[C@@]2(C)C[C@@]3(O)OC(=O)C(C)=C3C[C@H]12. The second-order valence-corrected chi connectivity index (χ2v) is 6.41. The molecule has 1 fully saturated rings. The van der Waals surface area contributed by atoms with Crippen LogP contribution in [0.3, 0.4) is 0 Å². The molecule has 3 rings (SSSR count). The largest absolute Gasteiger partial charge is 0.426 e. The van der Waals surface area contributed by atoms with Crippen LogP contribution in [0.4, 0.5) is 0 Å². The Balaban J connectivity index is 2.12. The minimum atomic E-state index is -1.68. The third-order valence-electron chi connectivity index (χ3n) is 5.13. The quantitative estimate of drug-likeness (QED) is 0.642. The Morgan fingerprint density at radius 2 is 2.00 bits per heavy atom. The number of allylic oxidation sites excluding steroid dienone is 1. The summed E-state index contributed by atoms with van der Waals surface area (Å²) in [6.45, 7) is 5.26. The molecule has 0 bridgehead atoms. The van der Waals surface area contributed by atoms with E-state index < -0.39 is 23.3 Å². The number of carbonyl (C=O) groups excluding carboxylic acids is 2. The number of hydrogen-bond donors (Lipinski definition) is 2. The Labute approximate surface area is 116 Å². The van der Waals surface area contributed by atoms with Gasteiger partial charge in [-0.3, -0.25) is 4.79 Å². The van der Waals surface area contributed by atoms with Crippen LogP contribution in [0.2, 0.25) is 0 Å². The van der Waals surface area contributed by atoms with Gasteiger partial charge in [0.25, 0.3) is 0 Å². The normalized spacial score (nSPS) is 44.0. The van der Waals surface area contributed by atoms with Gasteiger partial charge < -0.3 is 14.9 Å². The van der Waals surface area contributed by atoms with Crippen molar-refractivity contribution in [3.05, 3.63) is 22.8 Å². The van der Waals surface area contributed by atoms with Crippen LogP contribution in [0, 0.1) is 11.3 Å². The van der Waals surface area contributed by atoms with Crippen LogP contribution >= 0.6 is 0 Å². The van der Waals surface area contributed by atoms with Crippen LogP contribution in [0.5, 0.6) is 0 Å². The molecule has 1 saturated carbocycles. The molecule has 20 heavy (non-hydrogen) atoms. The predicted octanol–water partition coefficient (Wildman–Crippen LogP) is 0.854. The number of carbonyl (C=O) groups is 2. The summed E-state index contributed by atoms with van der Waals surface area (Å²) >= 11 is 0. The highest BCUT2D eigenvalue weighted by atomic mass is 16.7. The first-order valence-electron chi connectivity index (χ1n) is 6.75. The highest BCUT2D eigenvalue weighted by Crippen LogP contribution is 2.57. The summed E-state index contributed by atoms with van der Waals surface area (Å²) in [7, 11) is 0. The first-order valence-corrected chi connectivity index (χ1v) is 6.75. The number of ether oxygens (including phenoxy) is 1. The zero-order valence-electron chi connectivity index (χ0n) is 11.8. The van der Waals surface area contributed by atoms with Crippen LogP contribution in [-0.2, 0) is 14.3 Å². The molecule has 4 atom stereocenters. The van der Waals surface area contributed by atoms with E-state index in [1.807, 2.05) is 6.92 Å². The van der Waals surface area contributed by atoms with E-state index in [9.17, 15) is 19.8 Å². The lowest BCUT2D eigenvalue weighted by Gasteiger charge is -2.51. The van der Waals surface area contributed by atoms with Gasteiger partial charge in [-0.2, -0.15) is 0 Å². The molecule has 0 spiro atoms. The monoisotopic (exact) mass is 278 g/mol. The smallest absolute Gasteiger partial charge is 0.336 e. The fourth-order valence-corrected chi connectivity index (χ4v) is 3.94. The number of fused-ring (bicyclic) bond motifs is 2. The van der Waals surface area contributed by atoms with Crippen molar-refractivity contribution in [2.45, 2.75) is 45.5 Å². The molecule has 0 aromatic carbocycles. The van der Waals surface area contributed by atoms with Gasteiger partial charge in [0.15, 0.2) is 5.78 Å². The molecule has 0 aromatic rings. The van der Waals surface area contributed by atoms with Gasteiger partial charge in [-0.05, 0) is 32.3 Å². The molecule has 1 heterocycles. The molecule has 5 heteroatoms. The number of rotatable bonds is 0. The maximum atomic E-state index is 11.9. The van der Waals surface area contributed by atoms with Crippen LogP contribution in [0.15, 0.2) is 22.8 Å². The summed E-state index contributed by atoms with van der Waals surface area (Å²) < 4.78 is 5.10. The van der Waals surface area contributed by atoms with Crippen molar-refractivity contribution in [3.63, 3.8) is 0 Å². The van der Waals surface area contributed by atoms with Crippen molar-refractivity contribution in [2.75, 3.05) is 0 Å². The van der Waals surface area contributed by atoms with Crippen molar-refractivity contribution < 1.29 is 24.5 Å². The lowest BCUT2D eigenvalue weighted by Crippen LogP contribution is -2.56. The van der Waals surface area contributed by atoms with Gasteiger partial charge in [0.05, 0.1) is 0 Å². The van der Waals surface area contributed by atoms with Crippen LogP contribution in [0.25, 0.3) is 0 Å². The van der Waals surface area contributed by atoms with Crippen LogP contribution in [-0.4, -0.2) is 33.9 Å². The lowest BCUT2D eigenvalue weighted by atomic mass is 9.56. The third kappa shape index (κ3) is 1.50. The van der Waals surface area contributed by atoms with Crippen molar-refractivity contribution in [1.29, 1.82) is 0 Å². The second kappa shape index (κ2) is 3.80. The molecule has 2 aliphatic carbocycles. The summed E-state index contributed by atoms with van der Waals surface area (Å²) in [5, 5.41) is 20.9. The molecular weight excluding hydrogens is 260 g/mol. The molecule has 5 nitrogen and oxygen atoms in total. The van der Waals surface area contributed by atoms with Gasteiger partial charge in [0, 0.05) is 23.0 Å². The van der Waals surface area contributed by atoms with E-state index in [2.05, 4.69) is 0 Å². The van der Waals surface area contributed by atoms with Crippen LogP contribution in [0.1, 0.15) is 33.6 Å². The molecular formula is C15H18O5. The fourth-order valence-electron chi connectivity index (χ4n) is 3.94. The average molecular weight is 278 g/mol. The summed E-state index contributed by atoms with van der Waals surface area (Å²) in [5.41, 5.74) is 1.08. The standard InChI is InChI=1S/C15H18O5/c1-7-4-11(16)12(17)14(3)6-15(19)10(5-9(7)14)8(2)13(18)20-15/h4,9,12,17,19H,5-6H2,1-3H3/t9-,12+,14+,15-/m1/s1. The minimum absolute atomic E-state index is 0.0428. The van der Waals surface area contributed by atoms with Crippen molar-refractivity contribution in [1.82, 2.24) is 0 Å². The molecule has 0 aromatic heterocycles. The summed E-state index contributed by atoms with van der Waals surface area (Å²) in [6, 6.07) is 0. The van der Waals surface area contributed by atoms with E-state index in [0.717, 1.165) is 5.57 Å². The van der Waals surface area contributed by atoms with Gasteiger partial charge in [-0.15, -0.1) is 0 Å². The minimum Gasteiger partial charge on any atom is -0.426 e. The molecule has 1 aliphatic heterocycles. The Morgan fingerprint density at radius 3 is 2.65 bits per heavy atom. The Morgan fingerprint density at radius 1 is 1.35 bits per heavy atom. The molecule has 2 N–H and O–H groups in total. The van der Waals surface area contributed by atoms with Gasteiger partial charge in [-0.25, -0.2) is 4.79 Å². The van der Waals surface area contributed by atoms with E-state index in [-0.39, 0.29) is 18.1 Å². The molecule has 0 amide bonds. The second-order valence-electron chi connectivity index (χ2n) is 6.41. The molecule has 0 unspecified atom stereocenters. The number of hydrogen-bond acceptors (Lipinski definition) is 5. The summed E-state index contributed by atoms with van der Waals surface area (Å²) in [5.74, 6) is -2.62. The number of ketones is 1. The number of esters is 1. The van der Waals surface area contributed by atoms with Crippen LogP contribution < -0.4 is 0 Å². The van der Waals surface area contributed by atoms with E-state index in [4.69, 9.17) is 4.74 Å². The molecule has 0 radical (unpaired) electrons. The highest BCUT2D eigenvalue weighted by molar-refractivity contribution is 5.96. The van der Waals surface area contributed by atoms with Gasteiger partial charge in [0.1, 0.15) is 6.10 Å². The first kappa shape index (κ1) is 13.5. The Kier molecular flexibility index (Phi) is 2.57. The third-order valence-corrected chi connectivity index (χ3v) is 5.13. The zero-order valence-corrected chi connectivity index (χ0v) is 11.8. The number of aliphatic hydroxyl groups is 2. The maximum absolute atomic E-state index is 11.9. The number of aliphatic hydroxyl groups excluding tert-OH is 1. The zero-order chi connectivity index (χ0) is 14.9. The van der Waals surface area contributed by atoms with E-state index in [1.54, 1.807) is 13.8 Å². The molecule has 0 saturated heterocycles. The fraction of sp³-hybridized carbons (Fsp3) is 0.600. The van der Waals surface area contributed by atoms with Crippen molar-refractivity contribution >= 4 is 11.8 Å². The Hall–Kier alpha value is -1.46. The summed E-state index contributed by atoms with van der Waals surface area (Å²) in [4.78, 5) is 23.6. The first-order chi connectivity index (χ1) is 9.19. The predicted molar refractivity (Wildman–Crippen MR) is 69.3 cm³/mol. The maximum Gasteiger partial charge on any atom is 0.336 e. The van der Waals surface area contributed by atoms with Gasteiger partial charge >= 0.3 is 5.97 Å². The van der Waals surface area contributed by atoms with E-state index in [0.29, 0.717) is 17.6 Å². The van der Waals surface area contributed by atoms with Crippen molar-refractivity contribution in [3.8, 4) is 0 Å². The topological polar surface area (TPSA) is 83.8 Å². The van der Waals surface area contributed by atoms with Gasteiger partial charge in [0.2, 0.25) is 5.79 Å². The lowest BCUT2D eigenvalue weighted by molar-refractivity contribution is -0.210. The van der Waals surface area contributed by atoms with Crippen molar-refractivity contribution in [2.24, 2.45) is 11.3 Å². The average Bonchev–Trinajstić information content (AvgIpc) is 2.55. The van der Waals surface area contributed by atoms with E-state index in [1.165, 1.54) is 6.08 Å².